The third-order valence-corrected chi connectivity index (χ3v) is 2.76. The molecule has 0 atom stereocenters. The molecule has 0 spiro atoms. The topological polar surface area (TPSA) is 24.4 Å². The first-order valence-corrected chi connectivity index (χ1v) is 6.97. The third-order valence-electron chi connectivity index (χ3n) is 2.76. The monoisotopic (exact) mass is 268 g/mol. The van der Waals surface area contributed by atoms with Crippen LogP contribution in [0.4, 0.5) is 0 Å². The minimum atomic E-state index is 0.946. The van der Waals surface area contributed by atoms with Gasteiger partial charge in [-0.05, 0) is 42.2 Å². The first-order valence-electron chi connectivity index (χ1n) is 6.97. The molecule has 0 unspecified atom stereocenters. The van der Waals surface area contributed by atoms with Crippen molar-refractivity contribution in [2.24, 2.45) is 4.99 Å². The Morgan fingerprint density at radius 3 is 2.55 bits per heavy atom. The van der Waals surface area contributed by atoms with Gasteiger partial charge in [-0.3, -0.25) is 4.99 Å². The van der Waals surface area contributed by atoms with Crippen molar-refractivity contribution in [1.29, 1.82) is 0 Å². The Bertz CT molecular complexity index is 507. The predicted octanol–water partition coefficient (Wildman–Crippen LogP) is 4.23. The summed E-state index contributed by atoms with van der Waals surface area (Å²) < 4.78 is 0. The van der Waals surface area contributed by atoms with Gasteiger partial charge in [0, 0.05) is 25.5 Å². The van der Waals surface area contributed by atoms with Gasteiger partial charge < -0.3 is 5.32 Å². The average Bonchev–Trinajstić information content (AvgIpc) is 2.45. The van der Waals surface area contributed by atoms with E-state index in [4.69, 9.17) is 0 Å². The molecule has 0 amide bonds. The van der Waals surface area contributed by atoms with Gasteiger partial charge in [0.25, 0.3) is 0 Å². The maximum atomic E-state index is 4.14. The fraction of sp³-hybridized carbons (Fsp3) is 0.278. The summed E-state index contributed by atoms with van der Waals surface area (Å²) in [7, 11) is 1.79. The van der Waals surface area contributed by atoms with Crippen LogP contribution in [-0.2, 0) is 0 Å². The van der Waals surface area contributed by atoms with E-state index >= 15 is 0 Å². The molecular weight excluding hydrogens is 244 g/mol. The van der Waals surface area contributed by atoms with E-state index in [0.717, 1.165) is 35.4 Å². The second-order valence-electron chi connectivity index (χ2n) is 4.69. The lowest BCUT2D eigenvalue weighted by Crippen LogP contribution is -2.11. The Balaban J connectivity index is 2.91. The van der Waals surface area contributed by atoms with Crippen molar-refractivity contribution in [3.63, 3.8) is 0 Å². The molecule has 1 rings (SSSR count). The highest BCUT2D eigenvalue weighted by atomic mass is 14.9. The fourth-order valence-corrected chi connectivity index (χ4v) is 1.86. The van der Waals surface area contributed by atoms with E-state index in [-0.39, 0.29) is 0 Å². The molecule has 0 fully saturated rings. The Kier molecular flexibility index (Phi) is 7.12. The maximum absolute atomic E-state index is 4.14. The standard InChI is InChI=1S/C18H24N2/c1-5-11-20-16(3)12-15(2)13-18(14-19-4)17-9-7-6-8-10-17/h6-10,12-14,20H,3,5,11H2,1-2,4H3/b15-12+,18-13+,19-14?. The molecule has 0 aromatic heterocycles. The minimum absolute atomic E-state index is 0.946. The van der Waals surface area contributed by atoms with Crippen LogP contribution in [0.1, 0.15) is 25.8 Å². The summed E-state index contributed by atoms with van der Waals surface area (Å²) in [5, 5.41) is 3.27. The maximum Gasteiger partial charge on any atom is 0.0287 e. The van der Waals surface area contributed by atoms with Gasteiger partial charge in [0.15, 0.2) is 0 Å². The number of benzene rings is 1. The Morgan fingerprint density at radius 2 is 1.95 bits per heavy atom. The van der Waals surface area contributed by atoms with Crippen LogP contribution >= 0.6 is 0 Å². The molecule has 1 N–H and O–H groups in total. The van der Waals surface area contributed by atoms with E-state index < -0.39 is 0 Å². The first-order chi connectivity index (χ1) is 9.67. The first kappa shape index (κ1) is 16.0. The number of allylic oxidation sites excluding steroid dienone is 4. The smallest absolute Gasteiger partial charge is 0.0287 e. The molecule has 106 valence electrons. The van der Waals surface area contributed by atoms with E-state index in [0.29, 0.717) is 0 Å². The lowest BCUT2D eigenvalue weighted by molar-refractivity contribution is 0.786. The Hall–Kier alpha value is -2.09. The summed E-state index contributed by atoms with van der Waals surface area (Å²) in [6, 6.07) is 10.3. The van der Waals surface area contributed by atoms with E-state index in [9.17, 15) is 0 Å². The molecule has 2 heteroatoms. The molecule has 0 radical (unpaired) electrons. The third kappa shape index (κ3) is 5.70. The molecular formula is C18H24N2. The molecule has 0 saturated carbocycles. The van der Waals surface area contributed by atoms with Crippen molar-refractivity contribution < 1.29 is 0 Å². The van der Waals surface area contributed by atoms with E-state index in [2.05, 4.69) is 55.0 Å². The number of hydrogen-bond donors (Lipinski definition) is 1. The zero-order valence-corrected chi connectivity index (χ0v) is 12.7. The Labute approximate surface area is 122 Å². The quantitative estimate of drug-likeness (QED) is 0.581. The molecule has 0 heterocycles. The number of aliphatic imine (C=N–C) groups is 1. The van der Waals surface area contributed by atoms with Gasteiger partial charge in [-0.1, -0.05) is 43.8 Å². The lowest BCUT2D eigenvalue weighted by Gasteiger charge is -2.06. The predicted molar refractivity (Wildman–Crippen MR) is 90.0 cm³/mol. The lowest BCUT2D eigenvalue weighted by atomic mass is 10.0. The summed E-state index contributed by atoms with van der Waals surface area (Å²) >= 11 is 0. The number of nitrogens with zero attached hydrogens (tertiary/aromatic N) is 1. The zero-order valence-electron chi connectivity index (χ0n) is 12.7. The SMILES string of the molecule is C=C(/C=C(C)/C=C(\C=NC)c1ccccc1)NCCC. The van der Waals surface area contributed by atoms with Gasteiger partial charge in [-0.15, -0.1) is 0 Å². The van der Waals surface area contributed by atoms with Crippen molar-refractivity contribution in [1.82, 2.24) is 5.32 Å². The van der Waals surface area contributed by atoms with E-state index in [1.807, 2.05) is 24.4 Å². The highest BCUT2D eigenvalue weighted by Gasteiger charge is 1.98. The van der Waals surface area contributed by atoms with Gasteiger partial charge in [0.2, 0.25) is 0 Å². The molecule has 0 saturated heterocycles. The number of hydrogen-bond acceptors (Lipinski definition) is 2. The molecule has 1 aromatic carbocycles. The molecule has 0 aliphatic heterocycles. The summed E-state index contributed by atoms with van der Waals surface area (Å²) in [6.45, 7) is 9.18. The van der Waals surface area contributed by atoms with Gasteiger partial charge in [0.1, 0.15) is 0 Å². The average molecular weight is 268 g/mol. The molecule has 0 aliphatic rings. The second kappa shape index (κ2) is 8.92. The van der Waals surface area contributed by atoms with Crippen molar-refractivity contribution in [3.05, 3.63) is 65.9 Å². The summed E-state index contributed by atoms with van der Waals surface area (Å²) in [6.07, 6.45) is 7.16. The van der Waals surface area contributed by atoms with Crippen LogP contribution < -0.4 is 5.32 Å². The second-order valence-corrected chi connectivity index (χ2v) is 4.69. The van der Waals surface area contributed by atoms with Gasteiger partial charge >= 0.3 is 0 Å². The number of rotatable bonds is 7. The Morgan fingerprint density at radius 1 is 1.25 bits per heavy atom. The molecule has 20 heavy (non-hydrogen) atoms. The highest BCUT2D eigenvalue weighted by molar-refractivity contribution is 6.10. The minimum Gasteiger partial charge on any atom is -0.386 e. The van der Waals surface area contributed by atoms with Crippen LogP contribution in [0.3, 0.4) is 0 Å². The van der Waals surface area contributed by atoms with Crippen LogP contribution in [0.25, 0.3) is 5.57 Å². The zero-order chi connectivity index (χ0) is 14.8. The van der Waals surface area contributed by atoms with Gasteiger partial charge in [0.05, 0.1) is 0 Å². The molecule has 0 bridgehead atoms. The van der Waals surface area contributed by atoms with Crippen molar-refractivity contribution in [3.8, 4) is 0 Å². The largest absolute Gasteiger partial charge is 0.386 e. The van der Waals surface area contributed by atoms with Crippen molar-refractivity contribution >= 4 is 11.8 Å². The van der Waals surface area contributed by atoms with E-state index in [1.54, 1.807) is 7.05 Å². The van der Waals surface area contributed by atoms with Crippen molar-refractivity contribution in [2.75, 3.05) is 13.6 Å². The van der Waals surface area contributed by atoms with Crippen molar-refractivity contribution in [2.45, 2.75) is 20.3 Å². The summed E-state index contributed by atoms with van der Waals surface area (Å²) in [4.78, 5) is 4.14. The molecule has 1 aromatic rings. The molecule has 0 aliphatic carbocycles. The van der Waals surface area contributed by atoms with Gasteiger partial charge in [-0.2, -0.15) is 0 Å². The normalized spacial score (nSPS) is 12.8. The van der Waals surface area contributed by atoms with Crippen LogP contribution in [0.5, 0.6) is 0 Å². The summed E-state index contributed by atoms with van der Waals surface area (Å²) in [5.74, 6) is 0. The number of nitrogens with one attached hydrogen (secondary N) is 1. The highest BCUT2D eigenvalue weighted by Crippen LogP contribution is 2.15. The molecule has 2 nitrogen and oxygen atoms in total. The van der Waals surface area contributed by atoms with E-state index in [1.165, 1.54) is 0 Å². The summed E-state index contributed by atoms with van der Waals surface area (Å²) in [5.41, 5.74) is 4.36. The van der Waals surface area contributed by atoms with Crippen LogP contribution in [-0.4, -0.2) is 19.8 Å². The fourth-order valence-electron chi connectivity index (χ4n) is 1.86. The van der Waals surface area contributed by atoms with Crippen LogP contribution in [0, 0.1) is 0 Å². The van der Waals surface area contributed by atoms with Gasteiger partial charge in [-0.25, -0.2) is 0 Å². The van der Waals surface area contributed by atoms with Crippen LogP contribution in [0.2, 0.25) is 0 Å². The van der Waals surface area contributed by atoms with Crippen LogP contribution in [0.15, 0.2) is 65.3 Å².